The molecule has 0 radical (unpaired) electrons. The number of aliphatic imine (C=N–C) groups is 1. The number of guanidine groups is 1. The molecule has 0 saturated carbocycles. The van der Waals surface area contributed by atoms with Crippen molar-refractivity contribution in [3.8, 4) is 5.75 Å². The van der Waals surface area contributed by atoms with E-state index in [-0.39, 0.29) is 24.0 Å². The lowest BCUT2D eigenvalue weighted by atomic mass is 9.93. The minimum Gasteiger partial charge on any atom is -0.492 e. The Kier molecular flexibility index (Phi) is 11.7. The summed E-state index contributed by atoms with van der Waals surface area (Å²) in [7, 11) is 1.71. The average molecular weight is 528 g/mol. The Morgan fingerprint density at radius 3 is 2.34 bits per heavy atom. The van der Waals surface area contributed by atoms with E-state index in [2.05, 4.69) is 15.6 Å². The normalized spacial score (nSPS) is 16.2. The first kappa shape index (κ1) is 25.8. The lowest BCUT2D eigenvalue weighted by Gasteiger charge is -2.32. The number of hydrogen-bond donors (Lipinski definition) is 2. The summed E-state index contributed by atoms with van der Waals surface area (Å²) in [4.78, 5) is 5.68. The van der Waals surface area contributed by atoms with Gasteiger partial charge in [0.1, 0.15) is 12.4 Å². The van der Waals surface area contributed by atoms with Crippen LogP contribution in [0.15, 0.2) is 29.3 Å². The third kappa shape index (κ3) is 10.9. The molecule has 166 valence electrons. The molecule has 1 saturated heterocycles. The summed E-state index contributed by atoms with van der Waals surface area (Å²) >= 11 is 0. The Balaban J connectivity index is 0.00000420. The highest BCUT2D eigenvalue weighted by Gasteiger charge is 2.32. The third-order valence-electron chi connectivity index (χ3n) is 4.86. The largest absolute Gasteiger partial charge is 0.492 e. The zero-order valence-electron chi connectivity index (χ0n) is 17.1. The summed E-state index contributed by atoms with van der Waals surface area (Å²) in [5, 5.41) is 6.46. The zero-order valence-corrected chi connectivity index (χ0v) is 19.4. The molecule has 2 N–H and O–H groups in total. The van der Waals surface area contributed by atoms with Crippen LogP contribution in [0.25, 0.3) is 0 Å². The van der Waals surface area contributed by atoms with E-state index in [0.717, 1.165) is 31.6 Å². The van der Waals surface area contributed by atoms with Gasteiger partial charge in [-0.3, -0.25) is 9.89 Å². The fraction of sp³-hybridized carbons (Fsp3) is 0.650. The van der Waals surface area contributed by atoms with Crippen LogP contribution >= 0.6 is 24.0 Å². The second-order valence-corrected chi connectivity index (χ2v) is 7.21. The minimum atomic E-state index is -4.10. The highest BCUT2D eigenvalue weighted by atomic mass is 127. The van der Waals surface area contributed by atoms with Crippen molar-refractivity contribution in [1.29, 1.82) is 0 Å². The molecular formula is C20H32F3IN4O. The number of piperidine rings is 1. The predicted molar refractivity (Wildman–Crippen MR) is 121 cm³/mol. The monoisotopic (exact) mass is 528 g/mol. The Labute approximate surface area is 188 Å². The molecule has 5 nitrogen and oxygen atoms in total. The number of nitrogens with one attached hydrogen (secondary N) is 2. The molecule has 0 bridgehead atoms. The van der Waals surface area contributed by atoms with Gasteiger partial charge in [-0.05, 0) is 57.3 Å². The predicted octanol–water partition coefficient (Wildman–Crippen LogP) is 3.82. The summed E-state index contributed by atoms with van der Waals surface area (Å²) in [6.45, 7) is 4.19. The van der Waals surface area contributed by atoms with Gasteiger partial charge in [0.05, 0.1) is 13.1 Å². The van der Waals surface area contributed by atoms with E-state index in [1.807, 2.05) is 31.2 Å². The molecule has 0 amide bonds. The molecule has 0 atom stereocenters. The molecule has 9 heteroatoms. The number of benzene rings is 1. The summed E-state index contributed by atoms with van der Waals surface area (Å²) < 4.78 is 43.0. The van der Waals surface area contributed by atoms with Gasteiger partial charge in [0, 0.05) is 13.6 Å². The molecule has 1 heterocycles. The average Bonchev–Trinajstić information content (AvgIpc) is 2.65. The molecule has 1 aliphatic heterocycles. The van der Waals surface area contributed by atoms with E-state index in [4.69, 9.17) is 4.74 Å². The number of aryl methyl sites for hydroxylation is 1. The molecule has 0 unspecified atom stereocenters. The topological polar surface area (TPSA) is 48.9 Å². The first-order chi connectivity index (χ1) is 13.4. The fourth-order valence-corrected chi connectivity index (χ4v) is 3.27. The Morgan fingerprint density at radius 1 is 1.14 bits per heavy atom. The molecule has 0 aromatic heterocycles. The van der Waals surface area contributed by atoms with E-state index in [1.54, 1.807) is 7.05 Å². The van der Waals surface area contributed by atoms with Crippen LogP contribution in [0, 0.1) is 12.8 Å². The van der Waals surface area contributed by atoms with Gasteiger partial charge >= 0.3 is 6.18 Å². The summed E-state index contributed by atoms with van der Waals surface area (Å²) in [6.07, 6.45) is -1.54. The number of ether oxygens (including phenoxy) is 1. The smallest absolute Gasteiger partial charge is 0.401 e. The standard InChI is InChI=1S/C20H31F3N4O.HI/c1-16-3-5-18(6-4-16)28-14-11-26-19(24-2)25-10-7-17-8-12-27(13-9-17)15-20(21,22)23;/h3-6,17H,7-15H2,1-2H3,(H2,24,25,26);1H. The number of hydrogen-bond acceptors (Lipinski definition) is 3. The molecule has 1 aromatic rings. The van der Waals surface area contributed by atoms with Gasteiger partial charge < -0.3 is 15.4 Å². The van der Waals surface area contributed by atoms with Gasteiger partial charge in [-0.1, -0.05) is 17.7 Å². The van der Waals surface area contributed by atoms with Gasteiger partial charge in [-0.2, -0.15) is 13.2 Å². The summed E-state index contributed by atoms with van der Waals surface area (Å²) in [5.74, 6) is 2.01. The van der Waals surface area contributed by atoms with Gasteiger partial charge in [0.2, 0.25) is 0 Å². The quantitative estimate of drug-likeness (QED) is 0.233. The van der Waals surface area contributed by atoms with Crippen LogP contribution in [0.3, 0.4) is 0 Å². The third-order valence-corrected chi connectivity index (χ3v) is 4.86. The van der Waals surface area contributed by atoms with Gasteiger partial charge in [0.15, 0.2) is 5.96 Å². The van der Waals surface area contributed by atoms with Crippen LogP contribution in [0.4, 0.5) is 13.2 Å². The van der Waals surface area contributed by atoms with E-state index in [1.165, 1.54) is 10.5 Å². The molecular weight excluding hydrogens is 496 g/mol. The van der Waals surface area contributed by atoms with Crippen molar-refractivity contribution in [2.24, 2.45) is 10.9 Å². The van der Waals surface area contributed by atoms with Crippen molar-refractivity contribution in [3.05, 3.63) is 29.8 Å². The Hall–Kier alpha value is -1.23. The maximum absolute atomic E-state index is 12.4. The van der Waals surface area contributed by atoms with Crippen LogP contribution in [-0.4, -0.2) is 63.4 Å². The lowest BCUT2D eigenvalue weighted by Crippen LogP contribution is -2.42. The minimum absolute atomic E-state index is 0. The van der Waals surface area contributed by atoms with E-state index >= 15 is 0 Å². The van der Waals surface area contributed by atoms with E-state index in [9.17, 15) is 13.2 Å². The van der Waals surface area contributed by atoms with Crippen molar-refractivity contribution in [2.75, 3.05) is 46.4 Å². The van der Waals surface area contributed by atoms with Crippen molar-refractivity contribution < 1.29 is 17.9 Å². The van der Waals surface area contributed by atoms with Gasteiger partial charge in [0.25, 0.3) is 0 Å². The SMILES string of the molecule is CN=C(NCCOc1ccc(C)cc1)NCCC1CCN(CC(F)(F)F)CC1.I. The van der Waals surface area contributed by atoms with E-state index in [0.29, 0.717) is 38.1 Å². The van der Waals surface area contributed by atoms with E-state index < -0.39 is 12.7 Å². The second kappa shape index (κ2) is 13.1. The number of alkyl halides is 3. The first-order valence-electron chi connectivity index (χ1n) is 9.79. The first-order valence-corrected chi connectivity index (χ1v) is 9.79. The zero-order chi connectivity index (χ0) is 20.4. The highest BCUT2D eigenvalue weighted by molar-refractivity contribution is 14.0. The molecule has 29 heavy (non-hydrogen) atoms. The van der Waals surface area contributed by atoms with Gasteiger partial charge in [-0.15, -0.1) is 24.0 Å². The maximum Gasteiger partial charge on any atom is 0.401 e. The summed E-state index contributed by atoms with van der Waals surface area (Å²) in [6, 6.07) is 7.92. The Morgan fingerprint density at radius 2 is 1.76 bits per heavy atom. The van der Waals surface area contributed by atoms with Gasteiger partial charge in [-0.25, -0.2) is 0 Å². The number of rotatable bonds is 8. The molecule has 1 aromatic carbocycles. The lowest BCUT2D eigenvalue weighted by molar-refractivity contribution is -0.148. The fourth-order valence-electron chi connectivity index (χ4n) is 3.27. The molecule has 2 rings (SSSR count). The van der Waals surface area contributed by atoms with Crippen LogP contribution in [0.5, 0.6) is 5.75 Å². The highest BCUT2D eigenvalue weighted by Crippen LogP contribution is 2.23. The molecule has 1 aliphatic rings. The van der Waals surface area contributed by atoms with Crippen LogP contribution in [0.1, 0.15) is 24.8 Å². The Bertz CT molecular complexity index is 603. The number of likely N-dealkylation sites (tertiary alicyclic amines) is 1. The second-order valence-electron chi connectivity index (χ2n) is 7.21. The molecule has 1 fully saturated rings. The maximum atomic E-state index is 12.4. The number of halogens is 4. The number of nitrogens with zero attached hydrogens (tertiary/aromatic N) is 2. The van der Waals surface area contributed by atoms with Crippen molar-refractivity contribution in [1.82, 2.24) is 15.5 Å². The van der Waals surface area contributed by atoms with Crippen LogP contribution in [-0.2, 0) is 0 Å². The van der Waals surface area contributed by atoms with Crippen molar-refractivity contribution in [2.45, 2.75) is 32.4 Å². The van der Waals surface area contributed by atoms with Crippen LogP contribution < -0.4 is 15.4 Å². The molecule has 0 spiro atoms. The summed E-state index contributed by atoms with van der Waals surface area (Å²) in [5.41, 5.74) is 1.20. The van der Waals surface area contributed by atoms with Crippen molar-refractivity contribution in [3.63, 3.8) is 0 Å². The van der Waals surface area contributed by atoms with Crippen molar-refractivity contribution >= 4 is 29.9 Å². The molecule has 0 aliphatic carbocycles. The van der Waals surface area contributed by atoms with Crippen LogP contribution in [0.2, 0.25) is 0 Å².